The summed E-state index contributed by atoms with van der Waals surface area (Å²) in [6.07, 6.45) is 6.78. The lowest BCUT2D eigenvalue weighted by atomic mass is 9.73. The molecule has 2 aliphatic carbocycles. The number of urea groups is 1. The summed E-state index contributed by atoms with van der Waals surface area (Å²) >= 11 is 0. The summed E-state index contributed by atoms with van der Waals surface area (Å²) in [5.41, 5.74) is 5.28. The second-order valence-electron chi connectivity index (χ2n) is 9.32. The molecule has 0 bridgehead atoms. The Morgan fingerprint density at radius 3 is 2.83 bits per heavy atom. The molecule has 2 heterocycles. The van der Waals surface area contributed by atoms with Gasteiger partial charge >= 0.3 is 6.03 Å². The number of H-pyrrole nitrogens is 1. The summed E-state index contributed by atoms with van der Waals surface area (Å²) in [5, 5.41) is 4.77. The van der Waals surface area contributed by atoms with Crippen molar-refractivity contribution in [3.8, 4) is 0 Å². The first-order valence-corrected chi connectivity index (χ1v) is 11.7. The fourth-order valence-corrected chi connectivity index (χ4v) is 5.81. The minimum absolute atomic E-state index is 0.0834. The number of likely N-dealkylation sites (tertiary alicyclic amines) is 1. The van der Waals surface area contributed by atoms with E-state index in [9.17, 15) is 4.79 Å². The maximum absolute atomic E-state index is 12.8. The standard InChI is InChI=1S/C25H34N4O/c1-4-21-20-13-23-19(18-8-7-9-22(27-21)24(18)20)12-17(15-29(23)14-16-10-11-16)26-25(30)28(5-2)6-3/h4,7-9,16-17,19,23,27H,1,5-6,10-15H2,2-3H3,(H,26,30)/t17-,19?,23+/m0/s1. The third-order valence-electron chi connectivity index (χ3n) is 7.50. The Bertz CT molecular complexity index is 955. The number of rotatable bonds is 6. The Morgan fingerprint density at radius 2 is 2.13 bits per heavy atom. The van der Waals surface area contributed by atoms with Crippen molar-refractivity contribution in [3.05, 3.63) is 41.6 Å². The summed E-state index contributed by atoms with van der Waals surface area (Å²) in [5.74, 6) is 1.30. The molecule has 1 saturated heterocycles. The number of hydrogen-bond donors (Lipinski definition) is 2. The van der Waals surface area contributed by atoms with Crippen LogP contribution in [0.2, 0.25) is 0 Å². The van der Waals surface area contributed by atoms with Gasteiger partial charge < -0.3 is 15.2 Å². The van der Waals surface area contributed by atoms with Crippen molar-refractivity contribution in [2.45, 2.75) is 57.5 Å². The van der Waals surface area contributed by atoms with E-state index in [0.717, 1.165) is 44.9 Å². The van der Waals surface area contributed by atoms with Gasteiger partial charge in [-0.2, -0.15) is 0 Å². The van der Waals surface area contributed by atoms with Crippen molar-refractivity contribution >= 4 is 23.0 Å². The summed E-state index contributed by atoms with van der Waals surface area (Å²) in [4.78, 5) is 21.0. The summed E-state index contributed by atoms with van der Waals surface area (Å²) in [6, 6.07) is 7.47. The summed E-state index contributed by atoms with van der Waals surface area (Å²) in [6.45, 7) is 11.8. The lowest BCUT2D eigenvalue weighted by Crippen LogP contribution is -2.58. The Labute approximate surface area is 179 Å². The first kappa shape index (κ1) is 19.7. The number of aromatic amines is 1. The molecule has 30 heavy (non-hydrogen) atoms. The molecule has 3 aliphatic rings. The van der Waals surface area contributed by atoms with Gasteiger partial charge in [-0.15, -0.1) is 0 Å². The summed E-state index contributed by atoms with van der Waals surface area (Å²) < 4.78 is 0. The van der Waals surface area contributed by atoms with Gasteiger partial charge in [-0.05, 0) is 68.7 Å². The topological polar surface area (TPSA) is 51.4 Å². The van der Waals surface area contributed by atoms with Crippen molar-refractivity contribution in [1.82, 2.24) is 20.1 Å². The van der Waals surface area contributed by atoms with Crippen LogP contribution >= 0.6 is 0 Å². The smallest absolute Gasteiger partial charge is 0.317 e. The van der Waals surface area contributed by atoms with E-state index < -0.39 is 0 Å². The third-order valence-corrected chi connectivity index (χ3v) is 7.50. The average molecular weight is 407 g/mol. The average Bonchev–Trinajstić information content (AvgIpc) is 3.49. The predicted molar refractivity (Wildman–Crippen MR) is 123 cm³/mol. The molecule has 1 aromatic heterocycles. The van der Waals surface area contributed by atoms with E-state index in [0.29, 0.717) is 12.0 Å². The van der Waals surface area contributed by atoms with Gasteiger partial charge in [0.05, 0.1) is 0 Å². The van der Waals surface area contributed by atoms with Gasteiger partial charge in [0.2, 0.25) is 0 Å². The van der Waals surface area contributed by atoms with E-state index in [2.05, 4.69) is 40.0 Å². The molecule has 0 radical (unpaired) electrons. The molecular formula is C25H34N4O. The van der Waals surface area contributed by atoms with Gasteiger partial charge in [0.25, 0.3) is 0 Å². The lowest BCUT2D eigenvalue weighted by molar-refractivity contribution is 0.0933. The Balaban J connectivity index is 1.48. The molecule has 2 N–H and O–H groups in total. The molecule has 1 aromatic carbocycles. The van der Waals surface area contributed by atoms with Crippen molar-refractivity contribution < 1.29 is 4.79 Å². The van der Waals surface area contributed by atoms with Gasteiger partial charge in [-0.25, -0.2) is 4.79 Å². The number of nitrogens with one attached hydrogen (secondary N) is 2. The second kappa shape index (κ2) is 7.77. The molecule has 1 unspecified atom stereocenters. The van der Waals surface area contributed by atoms with Gasteiger partial charge in [-0.1, -0.05) is 18.7 Å². The van der Waals surface area contributed by atoms with E-state index in [-0.39, 0.29) is 12.1 Å². The number of amides is 2. The Morgan fingerprint density at radius 1 is 1.33 bits per heavy atom. The van der Waals surface area contributed by atoms with Crippen molar-refractivity contribution in [3.63, 3.8) is 0 Å². The Kier molecular flexibility index (Phi) is 5.10. The number of hydrogen-bond acceptors (Lipinski definition) is 2. The molecular weight excluding hydrogens is 372 g/mol. The van der Waals surface area contributed by atoms with E-state index in [1.807, 2.05) is 24.8 Å². The monoisotopic (exact) mass is 406 g/mol. The maximum Gasteiger partial charge on any atom is 0.317 e. The zero-order chi connectivity index (χ0) is 20.8. The van der Waals surface area contributed by atoms with Gasteiger partial charge in [0.15, 0.2) is 0 Å². The number of carbonyl (C=O) groups is 1. The highest BCUT2D eigenvalue weighted by atomic mass is 16.2. The predicted octanol–water partition coefficient (Wildman–Crippen LogP) is 4.35. The highest BCUT2D eigenvalue weighted by molar-refractivity contribution is 5.91. The maximum atomic E-state index is 12.8. The van der Waals surface area contributed by atoms with Crippen LogP contribution in [0.3, 0.4) is 0 Å². The second-order valence-corrected chi connectivity index (χ2v) is 9.32. The van der Waals surface area contributed by atoms with Crippen molar-refractivity contribution in [2.24, 2.45) is 5.92 Å². The molecule has 2 fully saturated rings. The highest BCUT2D eigenvalue weighted by Crippen LogP contribution is 2.45. The fourth-order valence-electron chi connectivity index (χ4n) is 5.81. The van der Waals surface area contributed by atoms with Gasteiger partial charge in [0.1, 0.15) is 0 Å². The molecule has 2 aromatic rings. The van der Waals surface area contributed by atoms with E-state index >= 15 is 0 Å². The van der Waals surface area contributed by atoms with Crippen molar-refractivity contribution in [2.75, 3.05) is 26.2 Å². The largest absolute Gasteiger partial charge is 0.355 e. The fraction of sp³-hybridized carbons (Fsp3) is 0.560. The quantitative estimate of drug-likeness (QED) is 0.749. The lowest BCUT2D eigenvalue weighted by Gasteiger charge is -2.47. The SMILES string of the molecule is C=Cc1[nH]c2cccc3c2c1C[C@@H]1C3C[C@H](NC(=O)N(CC)CC)CN1CC1CC1. The molecule has 2 amide bonds. The van der Waals surface area contributed by atoms with Crippen molar-refractivity contribution in [1.29, 1.82) is 0 Å². The van der Waals surface area contributed by atoms with Crippen LogP contribution in [-0.2, 0) is 6.42 Å². The molecule has 5 rings (SSSR count). The number of fused-ring (bicyclic) bond motifs is 2. The van der Waals surface area contributed by atoms with Crippen LogP contribution in [0.1, 0.15) is 55.8 Å². The van der Waals surface area contributed by atoms with Crippen LogP contribution in [0.25, 0.3) is 17.0 Å². The minimum Gasteiger partial charge on any atom is -0.355 e. The van der Waals surface area contributed by atoms with Crippen LogP contribution in [0.5, 0.6) is 0 Å². The highest BCUT2D eigenvalue weighted by Gasteiger charge is 2.43. The van der Waals surface area contributed by atoms with Crippen LogP contribution in [0, 0.1) is 5.92 Å². The van der Waals surface area contributed by atoms with Crippen LogP contribution < -0.4 is 5.32 Å². The third kappa shape index (κ3) is 3.33. The molecule has 160 valence electrons. The number of carbonyl (C=O) groups excluding carboxylic acids is 1. The van der Waals surface area contributed by atoms with Crippen LogP contribution in [-0.4, -0.2) is 59.1 Å². The van der Waals surface area contributed by atoms with E-state index in [1.54, 1.807) is 0 Å². The number of nitrogens with zero attached hydrogens (tertiary/aromatic N) is 2. The van der Waals surface area contributed by atoms with Crippen LogP contribution in [0.4, 0.5) is 4.79 Å². The first-order valence-electron chi connectivity index (χ1n) is 11.7. The van der Waals surface area contributed by atoms with Gasteiger partial charge in [-0.3, -0.25) is 4.90 Å². The number of benzene rings is 1. The van der Waals surface area contributed by atoms with Gasteiger partial charge in [0, 0.05) is 60.8 Å². The van der Waals surface area contributed by atoms with E-state index in [1.165, 1.54) is 40.6 Å². The summed E-state index contributed by atoms with van der Waals surface area (Å²) in [7, 11) is 0. The first-order chi connectivity index (χ1) is 14.6. The number of piperidine rings is 1. The molecule has 1 aliphatic heterocycles. The number of aromatic nitrogens is 1. The molecule has 0 spiro atoms. The molecule has 3 atom stereocenters. The normalized spacial score (nSPS) is 25.7. The zero-order valence-electron chi connectivity index (χ0n) is 18.3. The molecule has 5 heteroatoms. The Hall–Kier alpha value is -2.27. The molecule has 1 saturated carbocycles. The minimum atomic E-state index is 0.0834. The van der Waals surface area contributed by atoms with Crippen LogP contribution in [0.15, 0.2) is 24.8 Å². The van der Waals surface area contributed by atoms with E-state index in [4.69, 9.17) is 0 Å². The zero-order valence-corrected chi connectivity index (χ0v) is 18.3. The molecule has 5 nitrogen and oxygen atoms in total.